The number of benzene rings is 1. The van der Waals surface area contributed by atoms with Crippen LogP contribution in [-0.4, -0.2) is 37.7 Å². The first-order valence-corrected chi connectivity index (χ1v) is 5.36. The minimum atomic E-state index is 0.641. The van der Waals surface area contributed by atoms with Crippen molar-refractivity contribution >= 4 is 10.9 Å². The van der Waals surface area contributed by atoms with Gasteiger partial charge in [0, 0.05) is 24.8 Å². The lowest BCUT2D eigenvalue weighted by Crippen LogP contribution is -2.03. The van der Waals surface area contributed by atoms with Crippen LogP contribution in [-0.2, 0) is 11.3 Å². The van der Waals surface area contributed by atoms with Crippen molar-refractivity contribution in [2.45, 2.75) is 6.54 Å². The molecule has 0 N–H and O–H groups in total. The van der Waals surface area contributed by atoms with Crippen molar-refractivity contribution in [1.29, 1.82) is 0 Å². The molecular weight excluding hydrogens is 220 g/mol. The van der Waals surface area contributed by atoms with Crippen molar-refractivity contribution in [3.8, 4) is 11.5 Å². The van der Waals surface area contributed by atoms with Crippen LogP contribution in [0.1, 0.15) is 0 Å². The van der Waals surface area contributed by atoms with Gasteiger partial charge < -0.3 is 14.2 Å². The number of hydrogen-bond acceptors (Lipinski definition) is 4. The van der Waals surface area contributed by atoms with Gasteiger partial charge in [0.05, 0.1) is 32.9 Å². The van der Waals surface area contributed by atoms with Gasteiger partial charge in [-0.05, 0) is 6.07 Å². The fourth-order valence-corrected chi connectivity index (χ4v) is 1.70. The number of methoxy groups -OCH3 is 3. The molecule has 0 amide bonds. The molecule has 0 unspecified atom stereocenters. The lowest BCUT2D eigenvalue weighted by molar-refractivity contribution is 0.184. The highest BCUT2D eigenvalue weighted by Gasteiger charge is 2.08. The molecule has 0 saturated heterocycles. The predicted octanol–water partition coefficient (Wildman–Crippen LogP) is 1.70. The minimum Gasteiger partial charge on any atom is -0.493 e. The molecule has 0 aliphatic rings. The number of ether oxygens (including phenoxy) is 3. The Morgan fingerprint density at radius 2 is 1.82 bits per heavy atom. The number of hydrogen-bond donors (Lipinski definition) is 0. The zero-order valence-corrected chi connectivity index (χ0v) is 10.3. The molecule has 92 valence electrons. The van der Waals surface area contributed by atoms with E-state index in [0.717, 1.165) is 17.4 Å². The lowest BCUT2D eigenvalue weighted by Gasteiger charge is -2.05. The average molecular weight is 236 g/mol. The Morgan fingerprint density at radius 3 is 2.47 bits per heavy atom. The molecule has 17 heavy (non-hydrogen) atoms. The van der Waals surface area contributed by atoms with E-state index in [4.69, 9.17) is 14.2 Å². The molecule has 0 bridgehead atoms. The highest BCUT2D eigenvalue weighted by molar-refractivity contribution is 5.82. The van der Waals surface area contributed by atoms with Gasteiger partial charge in [0.25, 0.3) is 0 Å². The van der Waals surface area contributed by atoms with Crippen LogP contribution in [0.3, 0.4) is 0 Å². The SMILES string of the molecule is COCCn1cc2cc(OC)c(OC)cc2n1. The minimum absolute atomic E-state index is 0.641. The van der Waals surface area contributed by atoms with Gasteiger partial charge in [0.2, 0.25) is 0 Å². The summed E-state index contributed by atoms with van der Waals surface area (Å²) in [6.45, 7) is 1.37. The second-order valence-electron chi connectivity index (χ2n) is 3.65. The van der Waals surface area contributed by atoms with Gasteiger partial charge in [-0.2, -0.15) is 5.10 Å². The van der Waals surface area contributed by atoms with E-state index in [1.807, 2.05) is 23.0 Å². The van der Waals surface area contributed by atoms with Crippen molar-refractivity contribution in [1.82, 2.24) is 9.78 Å². The molecule has 2 rings (SSSR count). The summed E-state index contributed by atoms with van der Waals surface area (Å²) in [6, 6.07) is 3.79. The Kier molecular flexibility index (Phi) is 3.49. The monoisotopic (exact) mass is 236 g/mol. The number of aromatic nitrogens is 2. The molecule has 0 atom stereocenters. The summed E-state index contributed by atoms with van der Waals surface area (Å²) in [7, 11) is 4.92. The van der Waals surface area contributed by atoms with Gasteiger partial charge in [-0.25, -0.2) is 0 Å². The maximum absolute atomic E-state index is 5.25. The van der Waals surface area contributed by atoms with Crippen molar-refractivity contribution < 1.29 is 14.2 Å². The maximum atomic E-state index is 5.25. The number of nitrogens with zero attached hydrogens (tertiary/aromatic N) is 2. The van der Waals surface area contributed by atoms with E-state index in [1.54, 1.807) is 21.3 Å². The molecule has 0 aliphatic heterocycles. The summed E-state index contributed by atoms with van der Waals surface area (Å²) in [4.78, 5) is 0. The molecule has 0 aliphatic carbocycles. The summed E-state index contributed by atoms with van der Waals surface area (Å²) in [5, 5.41) is 5.46. The number of fused-ring (bicyclic) bond motifs is 1. The van der Waals surface area contributed by atoms with Crippen LogP contribution in [0.25, 0.3) is 10.9 Å². The van der Waals surface area contributed by atoms with Crippen LogP contribution in [0.4, 0.5) is 0 Å². The molecule has 0 saturated carbocycles. The van der Waals surface area contributed by atoms with Crippen molar-refractivity contribution in [2.75, 3.05) is 27.9 Å². The Labute approximate surface area is 99.9 Å². The Bertz CT molecular complexity index is 467. The third kappa shape index (κ3) is 2.34. The van der Waals surface area contributed by atoms with E-state index in [0.29, 0.717) is 18.1 Å². The van der Waals surface area contributed by atoms with Crippen molar-refractivity contribution in [3.63, 3.8) is 0 Å². The first-order valence-electron chi connectivity index (χ1n) is 5.36. The van der Waals surface area contributed by atoms with E-state index in [2.05, 4.69) is 5.10 Å². The summed E-state index contributed by atoms with van der Waals surface area (Å²) >= 11 is 0. The van der Waals surface area contributed by atoms with Crippen LogP contribution >= 0.6 is 0 Å². The summed E-state index contributed by atoms with van der Waals surface area (Å²) in [5.74, 6) is 1.41. The zero-order valence-electron chi connectivity index (χ0n) is 10.3. The van der Waals surface area contributed by atoms with Gasteiger partial charge in [0.1, 0.15) is 0 Å². The zero-order chi connectivity index (χ0) is 12.3. The molecular formula is C12H16N2O3. The third-order valence-electron chi connectivity index (χ3n) is 2.58. The third-order valence-corrected chi connectivity index (χ3v) is 2.58. The molecule has 5 heteroatoms. The molecule has 1 heterocycles. The summed E-state index contributed by atoms with van der Waals surface area (Å²) < 4.78 is 17.4. The molecule has 2 aromatic rings. The van der Waals surface area contributed by atoms with Gasteiger partial charge in [0.15, 0.2) is 11.5 Å². The fourth-order valence-electron chi connectivity index (χ4n) is 1.70. The maximum Gasteiger partial charge on any atom is 0.162 e. The molecule has 0 spiro atoms. The second kappa shape index (κ2) is 5.05. The Balaban J connectivity index is 2.39. The van der Waals surface area contributed by atoms with E-state index in [-0.39, 0.29) is 0 Å². The molecule has 1 aromatic heterocycles. The Morgan fingerprint density at radius 1 is 1.12 bits per heavy atom. The summed E-state index contributed by atoms with van der Waals surface area (Å²) in [5.41, 5.74) is 0.888. The van der Waals surface area contributed by atoms with Crippen LogP contribution < -0.4 is 9.47 Å². The quantitative estimate of drug-likeness (QED) is 0.792. The normalized spacial score (nSPS) is 10.8. The standard InChI is InChI=1S/C12H16N2O3/c1-15-5-4-14-8-9-6-11(16-2)12(17-3)7-10(9)13-14/h6-8H,4-5H2,1-3H3. The highest BCUT2D eigenvalue weighted by atomic mass is 16.5. The van der Waals surface area contributed by atoms with Crippen LogP contribution in [0.5, 0.6) is 11.5 Å². The molecule has 1 aromatic carbocycles. The average Bonchev–Trinajstić information content (AvgIpc) is 2.76. The van der Waals surface area contributed by atoms with E-state index < -0.39 is 0 Å². The fraction of sp³-hybridized carbons (Fsp3) is 0.417. The number of rotatable bonds is 5. The Hall–Kier alpha value is -1.75. The van der Waals surface area contributed by atoms with E-state index in [1.165, 1.54) is 0 Å². The van der Waals surface area contributed by atoms with Gasteiger partial charge in [-0.15, -0.1) is 0 Å². The van der Waals surface area contributed by atoms with Gasteiger partial charge in [-0.3, -0.25) is 4.68 Å². The molecule has 0 radical (unpaired) electrons. The van der Waals surface area contributed by atoms with Gasteiger partial charge >= 0.3 is 0 Å². The van der Waals surface area contributed by atoms with Crippen molar-refractivity contribution in [2.24, 2.45) is 0 Å². The smallest absolute Gasteiger partial charge is 0.162 e. The van der Waals surface area contributed by atoms with Crippen molar-refractivity contribution in [3.05, 3.63) is 18.3 Å². The predicted molar refractivity (Wildman–Crippen MR) is 64.7 cm³/mol. The van der Waals surface area contributed by atoms with Crippen LogP contribution in [0.15, 0.2) is 18.3 Å². The van der Waals surface area contributed by atoms with Crippen LogP contribution in [0, 0.1) is 0 Å². The van der Waals surface area contributed by atoms with E-state index >= 15 is 0 Å². The summed E-state index contributed by atoms with van der Waals surface area (Å²) in [6.07, 6.45) is 1.97. The van der Waals surface area contributed by atoms with Gasteiger partial charge in [-0.1, -0.05) is 0 Å². The second-order valence-corrected chi connectivity index (χ2v) is 3.65. The molecule has 5 nitrogen and oxygen atoms in total. The first kappa shape index (κ1) is 11.7. The first-order chi connectivity index (χ1) is 8.28. The molecule has 0 fully saturated rings. The van der Waals surface area contributed by atoms with Crippen LogP contribution in [0.2, 0.25) is 0 Å². The topological polar surface area (TPSA) is 45.5 Å². The van der Waals surface area contributed by atoms with E-state index in [9.17, 15) is 0 Å². The largest absolute Gasteiger partial charge is 0.493 e. The highest BCUT2D eigenvalue weighted by Crippen LogP contribution is 2.31. The lowest BCUT2D eigenvalue weighted by atomic mass is 10.2.